The van der Waals surface area contributed by atoms with Gasteiger partial charge in [0.15, 0.2) is 11.4 Å². The summed E-state index contributed by atoms with van der Waals surface area (Å²) in [4.78, 5) is 29.6. The lowest BCUT2D eigenvalue weighted by atomic mass is 10.1. The minimum Gasteiger partial charge on any atom is -0.480 e. The fourth-order valence-electron chi connectivity index (χ4n) is 3.28. The highest BCUT2D eigenvalue weighted by atomic mass is 16.5. The summed E-state index contributed by atoms with van der Waals surface area (Å²) >= 11 is 0. The Morgan fingerprint density at radius 2 is 2.19 bits per heavy atom. The summed E-state index contributed by atoms with van der Waals surface area (Å²) < 4.78 is 16.1. The van der Waals surface area contributed by atoms with E-state index in [1.165, 1.54) is 7.11 Å². The fraction of sp³-hybridized carbons (Fsp3) is 0.526. The van der Waals surface area contributed by atoms with Crippen molar-refractivity contribution in [2.75, 3.05) is 45.7 Å². The van der Waals surface area contributed by atoms with Gasteiger partial charge in [-0.2, -0.15) is 4.98 Å². The highest BCUT2D eigenvalue weighted by molar-refractivity contribution is 5.92. The van der Waals surface area contributed by atoms with Crippen LogP contribution in [0.25, 0.3) is 11.6 Å². The van der Waals surface area contributed by atoms with E-state index >= 15 is 0 Å². The number of carboxylic acid groups (broad SMARTS) is 1. The second-order valence-corrected chi connectivity index (χ2v) is 7.00. The van der Waals surface area contributed by atoms with Crippen molar-refractivity contribution in [1.29, 1.82) is 0 Å². The molecule has 1 fully saturated rings. The quantitative estimate of drug-likeness (QED) is 0.473. The summed E-state index contributed by atoms with van der Waals surface area (Å²) in [6.07, 6.45) is 1.98. The molecule has 2 aromatic heterocycles. The van der Waals surface area contributed by atoms with Gasteiger partial charge >= 0.3 is 5.97 Å². The van der Waals surface area contributed by atoms with E-state index in [0.717, 1.165) is 6.42 Å². The number of amides is 1. The summed E-state index contributed by atoms with van der Waals surface area (Å²) in [5.41, 5.74) is 6.91. The van der Waals surface area contributed by atoms with Crippen molar-refractivity contribution in [3.8, 4) is 17.5 Å². The second-order valence-electron chi connectivity index (χ2n) is 7.00. The number of hydrogen-bond donors (Lipinski definition) is 3. The van der Waals surface area contributed by atoms with Crippen LogP contribution in [0, 0.1) is 0 Å². The van der Waals surface area contributed by atoms with Crippen LogP contribution in [0.1, 0.15) is 28.9 Å². The Morgan fingerprint density at radius 1 is 1.39 bits per heavy atom. The smallest absolute Gasteiger partial charge is 0.322 e. The number of rotatable bonds is 10. The standard InChI is InChI=1S/C19H26N6O6/c1-29-12-5-7-25(10-12)19(28)13-8-11(4-3-6-20)15(24-23-13)16-22-18(30-2)17(31-16)21-9-14(26)27/h8,12,21H,3-7,9-10,20H2,1-2H3,(H,26,27). The van der Waals surface area contributed by atoms with Gasteiger partial charge in [0, 0.05) is 20.2 Å². The molecule has 1 atom stereocenters. The SMILES string of the molecule is COc1nc(-c2nnc(C(=O)N3CCC(OC)C3)cc2CCCN)oc1NCC(=O)O. The Labute approximate surface area is 178 Å². The van der Waals surface area contributed by atoms with Crippen molar-refractivity contribution in [1.82, 2.24) is 20.1 Å². The summed E-state index contributed by atoms with van der Waals surface area (Å²) in [6.45, 7) is 1.18. The first-order chi connectivity index (χ1) is 15.0. The van der Waals surface area contributed by atoms with E-state index in [1.807, 2.05) is 0 Å². The molecule has 3 heterocycles. The van der Waals surface area contributed by atoms with Gasteiger partial charge in [0.1, 0.15) is 6.54 Å². The number of carbonyl (C=O) groups excluding carboxylic acids is 1. The first-order valence-electron chi connectivity index (χ1n) is 9.86. The predicted octanol–water partition coefficient (Wildman–Crippen LogP) is 0.389. The number of anilines is 1. The molecule has 1 saturated heterocycles. The number of carboxylic acids is 1. The topological polar surface area (TPSA) is 166 Å². The van der Waals surface area contributed by atoms with Crippen LogP contribution in [0.3, 0.4) is 0 Å². The molecule has 0 aromatic carbocycles. The fourth-order valence-corrected chi connectivity index (χ4v) is 3.28. The Morgan fingerprint density at radius 3 is 2.84 bits per heavy atom. The van der Waals surface area contributed by atoms with Crippen LogP contribution in [0.4, 0.5) is 5.88 Å². The molecule has 3 rings (SSSR count). The van der Waals surface area contributed by atoms with Crippen LogP contribution in [-0.4, -0.2) is 83.6 Å². The Hall–Kier alpha value is -3.25. The first kappa shape index (κ1) is 22.4. The summed E-state index contributed by atoms with van der Waals surface area (Å²) in [7, 11) is 3.02. The predicted molar refractivity (Wildman–Crippen MR) is 109 cm³/mol. The molecular formula is C19H26N6O6. The van der Waals surface area contributed by atoms with Gasteiger partial charge in [-0.1, -0.05) is 0 Å². The maximum absolute atomic E-state index is 12.9. The summed E-state index contributed by atoms with van der Waals surface area (Å²) in [5, 5.41) is 19.7. The average Bonchev–Trinajstić information content (AvgIpc) is 3.42. The van der Waals surface area contributed by atoms with Gasteiger partial charge in [-0.25, -0.2) is 0 Å². The molecule has 0 radical (unpaired) electrons. The van der Waals surface area contributed by atoms with E-state index in [9.17, 15) is 9.59 Å². The lowest BCUT2D eigenvalue weighted by molar-refractivity contribution is -0.134. The van der Waals surface area contributed by atoms with Gasteiger partial charge in [0.25, 0.3) is 23.6 Å². The molecule has 12 nitrogen and oxygen atoms in total. The summed E-state index contributed by atoms with van der Waals surface area (Å²) in [5.74, 6) is -1.03. The molecule has 1 unspecified atom stereocenters. The van der Waals surface area contributed by atoms with Crippen molar-refractivity contribution in [2.24, 2.45) is 5.73 Å². The van der Waals surface area contributed by atoms with Crippen molar-refractivity contribution < 1.29 is 28.6 Å². The highest BCUT2D eigenvalue weighted by Crippen LogP contribution is 2.32. The van der Waals surface area contributed by atoms with Gasteiger partial charge in [0.05, 0.1) is 13.2 Å². The zero-order chi connectivity index (χ0) is 22.4. The number of likely N-dealkylation sites (tertiary alicyclic amines) is 1. The van der Waals surface area contributed by atoms with Gasteiger partial charge in [-0.05, 0) is 37.4 Å². The largest absolute Gasteiger partial charge is 0.480 e. The minimum absolute atomic E-state index is 0.0180. The molecule has 2 aromatic rings. The van der Waals surface area contributed by atoms with Crippen LogP contribution in [0.15, 0.2) is 10.5 Å². The molecule has 12 heteroatoms. The van der Waals surface area contributed by atoms with Crippen LogP contribution < -0.4 is 15.8 Å². The molecule has 0 aliphatic carbocycles. The maximum Gasteiger partial charge on any atom is 0.322 e. The molecular weight excluding hydrogens is 408 g/mol. The molecule has 31 heavy (non-hydrogen) atoms. The molecule has 0 bridgehead atoms. The number of aryl methyl sites for hydroxylation is 1. The van der Waals surface area contributed by atoms with Gasteiger partial charge in [-0.15, -0.1) is 10.2 Å². The van der Waals surface area contributed by atoms with E-state index in [4.69, 9.17) is 24.7 Å². The molecule has 0 saturated carbocycles. The number of hydrogen-bond acceptors (Lipinski definition) is 10. The van der Waals surface area contributed by atoms with E-state index in [2.05, 4.69) is 20.5 Å². The third kappa shape index (κ3) is 5.27. The van der Waals surface area contributed by atoms with Crippen LogP contribution >= 0.6 is 0 Å². The molecule has 1 amide bonds. The number of aromatic nitrogens is 3. The van der Waals surface area contributed by atoms with Gasteiger partial charge in [-0.3, -0.25) is 9.59 Å². The van der Waals surface area contributed by atoms with Crippen molar-refractivity contribution >= 4 is 17.8 Å². The van der Waals surface area contributed by atoms with Gasteiger partial charge in [0.2, 0.25) is 0 Å². The number of oxazole rings is 1. The monoisotopic (exact) mass is 434 g/mol. The number of carbonyl (C=O) groups is 2. The second kappa shape index (κ2) is 10.2. The molecule has 1 aliphatic heterocycles. The third-order valence-electron chi connectivity index (χ3n) is 4.90. The van der Waals surface area contributed by atoms with Crippen LogP contribution in [0.2, 0.25) is 0 Å². The minimum atomic E-state index is -1.07. The number of nitrogens with two attached hydrogens (primary N) is 1. The average molecular weight is 434 g/mol. The Kier molecular flexibility index (Phi) is 7.36. The van der Waals surface area contributed by atoms with Crippen LogP contribution in [-0.2, 0) is 16.0 Å². The Bertz CT molecular complexity index is 933. The molecule has 1 aliphatic rings. The van der Waals surface area contributed by atoms with Crippen LogP contribution in [0.5, 0.6) is 5.88 Å². The molecule has 0 spiro atoms. The van der Waals surface area contributed by atoms with E-state index < -0.39 is 5.97 Å². The summed E-state index contributed by atoms with van der Waals surface area (Å²) in [6, 6.07) is 1.67. The van der Waals surface area contributed by atoms with Crippen molar-refractivity contribution in [3.63, 3.8) is 0 Å². The number of aliphatic carboxylic acids is 1. The number of methoxy groups -OCH3 is 2. The zero-order valence-electron chi connectivity index (χ0n) is 17.5. The maximum atomic E-state index is 12.9. The van der Waals surface area contributed by atoms with Crippen molar-refractivity contribution in [3.05, 3.63) is 17.3 Å². The molecule has 168 valence electrons. The highest BCUT2D eigenvalue weighted by Gasteiger charge is 2.29. The third-order valence-corrected chi connectivity index (χ3v) is 4.90. The number of ether oxygens (including phenoxy) is 2. The normalized spacial score (nSPS) is 15.8. The van der Waals surface area contributed by atoms with Gasteiger partial charge < -0.3 is 34.9 Å². The van der Waals surface area contributed by atoms with E-state index in [-0.39, 0.29) is 41.9 Å². The first-order valence-corrected chi connectivity index (χ1v) is 9.86. The van der Waals surface area contributed by atoms with E-state index in [0.29, 0.717) is 43.7 Å². The lowest BCUT2D eigenvalue weighted by Crippen LogP contribution is -2.31. The van der Waals surface area contributed by atoms with E-state index in [1.54, 1.807) is 18.1 Å². The number of nitrogens with one attached hydrogen (secondary N) is 1. The molecule has 4 N–H and O–H groups in total. The Balaban J connectivity index is 1.90. The van der Waals surface area contributed by atoms with Crippen molar-refractivity contribution in [2.45, 2.75) is 25.4 Å². The lowest BCUT2D eigenvalue weighted by Gasteiger charge is -2.16. The number of nitrogens with zero attached hydrogens (tertiary/aromatic N) is 4. The zero-order valence-corrected chi connectivity index (χ0v) is 17.5.